The van der Waals surface area contributed by atoms with Gasteiger partial charge in [0.25, 0.3) is 0 Å². The molecule has 6 heteroatoms. The summed E-state index contributed by atoms with van der Waals surface area (Å²) < 4.78 is 1.08. The summed E-state index contributed by atoms with van der Waals surface area (Å²) in [6.07, 6.45) is 0. The lowest BCUT2D eigenvalue weighted by atomic mass is 10.2. The van der Waals surface area contributed by atoms with Gasteiger partial charge < -0.3 is 0 Å². The maximum atomic E-state index is 3.59. The molecule has 0 nitrogen and oxygen atoms in total. The Kier molecular flexibility index (Phi) is 9.57. The van der Waals surface area contributed by atoms with Crippen molar-refractivity contribution in [3.05, 3.63) is 9.47 Å². The van der Waals surface area contributed by atoms with Crippen molar-refractivity contribution in [3.63, 3.8) is 0 Å². The van der Waals surface area contributed by atoms with E-state index in [0.29, 0.717) is 9.65 Å². The van der Waals surface area contributed by atoms with Gasteiger partial charge in [0.05, 0.1) is 4.83 Å². The second-order valence-corrected chi connectivity index (χ2v) is 7.25. The Bertz CT molecular complexity index is 156. The summed E-state index contributed by atoms with van der Waals surface area (Å²) in [5.74, 6) is 0. The van der Waals surface area contributed by atoms with Crippen LogP contribution < -0.4 is 0 Å². The maximum absolute atomic E-state index is 3.59. The smallest absolute Gasteiger partial charge is 0.0602 e. The summed E-state index contributed by atoms with van der Waals surface area (Å²) in [4.78, 5) is 2.84. The third-order valence-corrected chi connectivity index (χ3v) is 9.69. The van der Waals surface area contributed by atoms with Crippen molar-refractivity contribution in [2.45, 2.75) is 14.5 Å². The summed E-state index contributed by atoms with van der Waals surface area (Å²) >= 11 is 20.8. The topological polar surface area (TPSA) is 0 Å². The molecule has 3 atom stereocenters. The zero-order valence-electron chi connectivity index (χ0n) is 5.78. The number of rotatable bonds is 4. The van der Waals surface area contributed by atoms with E-state index in [9.17, 15) is 0 Å². The van der Waals surface area contributed by atoms with Gasteiger partial charge in [-0.15, -0.1) is 0 Å². The first kappa shape index (κ1) is 14.6. The molecule has 0 saturated heterocycles. The maximum Gasteiger partial charge on any atom is 0.0602 e. The highest BCUT2D eigenvalue weighted by atomic mass is 79.9. The molecule has 0 bridgehead atoms. The van der Waals surface area contributed by atoms with Crippen LogP contribution in [0.4, 0.5) is 0 Å². The van der Waals surface area contributed by atoms with Crippen LogP contribution in [-0.2, 0) is 0 Å². The second-order valence-electron chi connectivity index (χ2n) is 2.01. The highest BCUT2D eigenvalue weighted by Gasteiger charge is 2.24. The van der Waals surface area contributed by atoms with Crippen LogP contribution >= 0.6 is 95.6 Å². The van der Waals surface area contributed by atoms with Gasteiger partial charge in [0.2, 0.25) is 0 Å². The molecular weight excluding hydrogens is 551 g/mol. The Morgan fingerprint density at radius 2 is 1.75 bits per heavy atom. The molecule has 0 N–H and O–H groups in total. The molecule has 0 aliphatic heterocycles. The van der Waals surface area contributed by atoms with E-state index >= 15 is 0 Å². The summed E-state index contributed by atoms with van der Waals surface area (Å²) in [6.45, 7) is 0. The van der Waals surface area contributed by atoms with Crippen LogP contribution in [0.15, 0.2) is 9.47 Å². The summed E-state index contributed by atoms with van der Waals surface area (Å²) in [5.41, 5.74) is 0. The monoisotopic (exact) mass is 552 g/mol. The number of halogens is 6. The molecule has 3 unspecified atom stereocenters. The average Bonchev–Trinajstić information content (AvgIpc) is 2.12. The van der Waals surface area contributed by atoms with Crippen LogP contribution in [0.25, 0.3) is 0 Å². The van der Waals surface area contributed by atoms with Crippen molar-refractivity contribution in [3.8, 4) is 0 Å². The first-order chi connectivity index (χ1) is 5.54. The minimum Gasteiger partial charge on any atom is -0.0916 e. The van der Waals surface area contributed by atoms with E-state index in [1.165, 1.54) is 0 Å². The number of alkyl halides is 4. The van der Waals surface area contributed by atoms with Crippen LogP contribution in [-0.4, -0.2) is 19.8 Å². The molecule has 12 heavy (non-hydrogen) atoms. The summed E-state index contributed by atoms with van der Waals surface area (Å²) in [6, 6.07) is 0. The fourth-order valence-electron chi connectivity index (χ4n) is 0.481. The van der Waals surface area contributed by atoms with E-state index in [1.807, 2.05) is 4.99 Å². The molecule has 0 aromatic rings. The molecule has 0 spiro atoms. The Balaban J connectivity index is 4.18. The Labute approximate surface area is 123 Å². The average molecular weight is 558 g/mol. The van der Waals surface area contributed by atoms with Gasteiger partial charge in [0, 0.05) is 19.5 Å². The molecule has 0 aromatic heterocycles. The number of hydrogen-bond acceptors (Lipinski definition) is 0. The molecule has 0 saturated carbocycles. The van der Waals surface area contributed by atoms with E-state index in [1.54, 1.807) is 0 Å². The van der Waals surface area contributed by atoms with Gasteiger partial charge in [-0.05, 0) is 4.99 Å². The lowest BCUT2D eigenvalue weighted by Crippen LogP contribution is -2.25. The van der Waals surface area contributed by atoms with Crippen LogP contribution in [0, 0.1) is 0 Å². The van der Waals surface area contributed by atoms with E-state index in [-0.39, 0.29) is 4.83 Å². The fraction of sp³-hybridized carbons (Fsp3) is 0.667. The predicted octanol–water partition coefficient (Wildman–Crippen LogP) is 5.30. The lowest BCUT2D eigenvalue weighted by molar-refractivity contribution is 0.912. The molecule has 0 fully saturated rings. The number of hydrogen-bond donors (Lipinski definition) is 0. The fourth-order valence-corrected chi connectivity index (χ4v) is 4.35. The highest BCUT2D eigenvalue weighted by Crippen LogP contribution is 2.32. The van der Waals surface area contributed by atoms with Gasteiger partial charge in [0.1, 0.15) is 0 Å². The molecule has 0 aromatic carbocycles. The quantitative estimate of drug-likeness (QED) is 0.412. The lowest BCUT2D eigenvalue weighted by Gasteiger charge is -2.19. The van der Waals surface area contributed by atoms with Crippen LogP contribution in [0.1, 0.15) is 0 Å². The zero-order chi connectivity index (χ0) is 9.72. The SMILES string of the molecule is BrC=C(Br)C(Br)C(Br)C(Br)CBr. The molecule has 0 amide bonds. The van der Waals surface area contributed by atoms with Gasteiger partial charge in [-0.2, -0.15) is 0 Å². The third-order valence-electron chi connectivity index (χ3n) is 1.14. The first-order valence-electron chi connectivity index (χ1n) is 2.98. The van der Waals surface area contributed by atoms with Gasteiger partial charge in [-0.3, -0.25) is 0 Å². The van der Waals surface area contributed by atoms with Gasteiger partial charge in [0.15, 0.2) is 0 Å². The van der Waals surface area contributed by atoms with Crippen LogP contribution in [0.5, 0.6) is 0 Å². The highest BCUT2D eigenvalue weighted by molar-refractivity contribution is 9.16. The first-order valence-corrected chi connectivity index (χ1v) is 8.56. The summed E-state index contributed by atoms with van der Waals surface area (Å²) in [7, 11) is 0. The largest absolute Gasteiger partial charge is 0.0916 e. The van der Waals surface area contributed by atoms with Gasteiger partial charge in [-0.25, -0.2) is 0 Å². The Morgan fingerprint density at radius 1 is 1.25 bits per heavy atom. The molecular formula is C6H6Br6. The Hall–Kier alpha value is 2.62. The predicted molar refractivity (Wildman–Crippen MR) is 77.9 cm³/mol. The summed E-state index contributed by atoms with van der Waals surface area (Å²) in [5, 5.41) is 0.910. The van der Waals surface area contributed by atoms with Crippen molar-refractivity contribution >= 4 is 95.6 Å². The normalized spacial score (nSPS) is 20.3. The molecule has 0 radical (unpaired) electrons. The minimum atomic E-state index is 0.263. The van der Waals surface area contributed by atoms with Crippen molar-refractivity contribution in [1.29, 1.82) is 0 Å². The molecule has 0 heterocycles. The third kappa shape index (κ3) is 4.91. The molecule has 72 valence electrons. The van der Waals surface area contributed by atoms with Crippen molar-refractivity contribution < 1.29 is 0 Å². The van der Waals surface area contributed by atoms with E-state index in [2.05, 4.69) is 95.6 Å². The molecule has 0 aliphatic rings. The standard InChI is InChI=1S/C6H6Br6/c7-1-3(9)5(11)6(12)4(10)2-8/h1,4-6H,2H2. The Morgan fingerprint density at radius 3 is 2.08 bits per heavy atom. The van der Waals surface area contributed by atoms with Gasteiger partial charge >= 0.3 is 0 Å². The second kappa shape index (κ2) is 7.85. The van der Waals surface area contributed by atoms with Crippen molar-refractivity contribution in [2.75, 3.05) is 5.33 Å². The van der Waals surface area contributed by atoms with E-state index < -0.39 is 0 Å². The van der Waals surface area contributed by atoms with Crippen molar-refractivity contribution in [1.82, 2.24) is 0 Å². The van der Waals surface area contributed by atoms with E-state index in [4.69, 9.17) is 0 Å². The molecule has 0 aliphatic carbocycles. The van der Waals surface area contributed by atoms with Crippen molar-refractivity contribution in [2.24, 2.45) is 0 Å². The molecule has 0 rings (SSSR count). The van der Waals surface area contributed by atoms with Crippen LogP contribution in [0.2, 0.25) is 0 Å². The van der Waals surface area contributed by atoms with Gasteiger partial charge in [-0.1, -0.05) is 95.6 Å². The minimum absolute atomic E-state index is 0.263. The van der Waals surface area contributed by atoms with Crippen LogP contribution in [0.3, 0.4) is 0 Å². The van der Waals surface area contributed by atoms with E-state index in [0.717, 1.165) is 9.81 Å². The zero-order valence-corrected chi connectivity index (χ0v) is 15.3. The number of allylic oxidation sites excluding steroid dienone is 1.